The molecule has 1 aliphatic carbocycles. The maximum Gasteiger partial charge on any atom is 0.243 e. The smallest absolute Gasteiger partial charge is 0.243 e. The minimum Gasteiger partial charge on any atom is -0.352 e. The number of benzene rings is 1. The molecule has 0 spiro atoms. The molecule has 1 aliphatic heterocycles. The van der Waals surface area contributed by atoms with Gasteiger partial charge < -0.3 is 10.6 Å². The van der Waals surface area contributed by atoms with Crippen LogP contribution in [0.3, 0.4) is 0 Å². The minimum atomic E-state index is -3.33. The highest BCUT2D eigenvalue weighted by Crippen LogP contribution is 2.21. The molecule has 0 radical (unpaired) electrons. The van der Waals surface area contributed by atoms with Crippen molar-refractivity contribution in [3.05, 3.63) is 35.9 Å². The van der Waals surface area contributed by atoms with Crippen LogP contribution in [0.25, 0.3) is 0 Å². The van der Waals surface area contributed by atoms with Crippen molar-refractivity contribution in [2.45, 2.75) is 57.5 Å². The van der Waals surface area contributed by atoms with Crippen LogP contribution in [-0.4, -0.2) is 55.5 Å². The second-order valence-electron chi connectivity index (χ2n) is 8.05. The van der Waals surface area contributed by atoms with Crippen LogP contribution in [0.1, 0.15) is 44.6 Å². The van der Waals surface area contributed by atoms with Crippen molar-refractivity contribution in [1.82, 2.24) is 14.9 Å². The lowest BCUT2D eigenvalue weighted by Gasteiger charge is -2.32. The van der Waals surface area contributed by atoms with Gasteiger partial charge in [-0.3, -0.25) is 9.59 Å². The number of carbonyl (C=O) groups is 2. The lowest BCUT2D eigenvalue weighted by atomic mass is 9.97. The average Bonchev–Trinajstić information content (AvgIpc) is 3.52. The summed E-state index contributed by atoms with van der Waals surface area (Å²) in [5, 5.41) is 5.87. The van der Waals surface area contributed by atoms with Crippen LogP contribution in [0.5, 0.6) is 0 Å². The Labute approximate surface area is 173 Å². The molecule has 160 valence electrons. The van der Waals surface area contributed by atoms with Gasteiger partial charge in [0.1, 0.15) is 6.04 Å². The molecule has 7 nitrogen and oxygen atoms in total. The van der Waals surface area contributed by atoms with Crippen LogP contribution in [0.2, 0.25) is 0 Å². The van der Waals surface area contributed by atoms with Gasteiger partial charge in [0.25, 0.3) is 0 Å². The van der Waals surface area contributed by atoms with Gasteiger partial charge in [-0.2, -0.15) is 0 Å². The molecule has 1 saturated carbocycles. The van der Waals surface area contributed by atoms with Crippen LogP contribution >= 0.6 is 0 Å². The van der Waals surface area contributed by atoms with Crippen molar-refractivity contribution in [2.75, 3.05) is 18.8 Å². The Morgan fingerprint density at radius 3 is 2.55 bits per heavy atom. The number of rotatable bonds is 9. The molecule has 0 aromatic heterocycles. The summed E-state index contributed by atoms with van der Waals surface area (Å²) >= 11 is 0. The van der Waals surface area contributed by atoms with Gasteiger partial charge in [0.05, 0.1) is 11.7 Å². The predicted molar refractivity (Wildman–Crippen MR) is 112 cm³/mol. The van der Waals surface area contributed by atoms with E-state index >= 15 is 0 Å². The van der Waals surface area contributed by atoms with Gasteiger partial charge in [-0.15, -0.1) is 0 Å². The molecule has 2 amide bonds. The van der Waals surface area contributed by atoms with Gasteiger partial charge in [-0.1, -0.05) is 37.3 Å². The number of nitrogens with one attached hydrogen (secondary N) is 2. The Bertz CT molecular complexity index is 808. The second-order valence-corrected chi connectivity index (χ2v) is 10.1. The zero-order valence-electron chi connectivity index (χ0n) is 17.0. The third-order valence-corrected chi connectivity index (χ3v) is 7.49. The molecule has 2 N–H and O–H groups in total. The molecule has 8 heteroatoms. The molecule has 1 aromatic carbocycles. The average molecular weight is 422 g/mol. The molecule has 2 unspecified atom stereocenters. The van der Waals surface area contributed by atoms with E-state index in [0.717, 1.165) is 18.4 Å². The molecule has 1 aromatic rings. The zero-order valence-corrected chi connectivity index (χ0v) is 17.8. The third kappa shape index (κ3) is 6.27. The maximum atomic E-state index is 12.9. The topological polar surface area (TPSA) is 95.6 Å². The predicted octanol–water partition coefficient (Wildman–Crippen LogP) is 1.44. The Hall–Kier alpha value is -1.93. The standard InChI is InChI=1S/C21H31N3O4S/c1-2-13-29(27,28)24-12-6-9-17(15-24)20(25)23-19(21(26)22-18-10-11-18)14-16-7-4-3-5-8-16/h3-5,7-8,17-19H,2,6,9-15H2,1H3,(H,22,26)(H,23,25). The van der Waals surface area contributed by atoms with E-state index in [-0.39, 0.29) is 30.2 Å². The Morgan fingerprint density at radius 1 is 1.17 bits per heavy atom. The molecule has 1 saturated heterocycles. The summed E-state index contributed by atoms with van der Waals surface area (Å²) in [6, 6.07) is 9.14. The van der Waals surface area contributed by atoms with Gasteiger partial charge in [0.2, 0.25) is 21.8 Å². The van der Waals surface area contributed by atoms with Gasteiger partial charge in [-0.05, 0) is 37.7 Å². The number of hydrogen-bond acceptors (Lipinski definition) is 4. The molecule has 2 atom stereocenters. The Kier molecular flexibility index (Phi) is 7.29. The molecular formula is C21H31N3O4S. The van der Waals surface area contributed by atoms with Crippen molar-refractivity contribution >= 4 is 21.8 Å². The van der Waals surface area contributed by atoms with Gasteiger partial charge in [-0.25, -0.2) is 12.7 Å². The van der Waals surface area contributed by atoms with Gasteiger partial charge in [0, 0.05) is 25.6 Å². The van der Waals surface area contributed by atoms with E-state index in [0.29, 0.717) is 32.2 Å². The zero-order chi connectivity index (χ0) is 20.9. The molecule has 2 fully saturated rings. The summed E-state index contributed by atoms with van der Waals surface area (Å²) in [4.78, 5) is 25.6. The molecule has 1 heterocycles. The maximum absolute atomic E-state index is 12.9. The van der Waals surface area contributed by atoms with Gasteiger partial charge in [0.15, 0.2) is 0 Å². The molecule has 0 bridgehead atoms. The van der Waals surface area contributed by atoms with E-state index in [9.17, 15) is 18.0 Å². The van der Waals surface area contributed by atoms with Crippen molar-refractivity contribution < 1.29 is 18.0 Å². The first kappa shape index (κ1) is 21.8. The van der Waals surface area contributed by atoms with Crippen molar-refractivity contribution in [1.29, 1.82) is 0 Å². The molecule has 29 heavy (non-hydrogen) atoms. The van der Waals surface area contributed by atoms with E-state index in [2.05, 4.69) is 10.6 Å². The summed E-state index contributed by atoms with van der Waals surface area (Å²) < 4.78 is 26.2. The quantitative estimate of drug-likeness (QED) is 0.631. The first-order chi connectivity index (χ1) is 13.9. The molecule has 3 rings (SSSR count). The number of amides is 2. The van der Waals surface area contributed by atoms with Crippen LogP contribution < -0.4 is 10.6 Å². The fourth-order valence-corrected chi connectivity index (χ4v) is 5.26. The monoisotopic (exact) mass is 421 g/mol. The highest BCUT2D eigenvalue weighted by atomic mass is 32.2. The minimum absolute atomic E-state index is 0.0990. The first-order valence-electron chi connectivity index (χ1n) is 10.5. The molecular weight excluding hydrogens is 390 g/mol. The number of sulfonamides is 1. The van der Waals surface area contributed by atoms with Crippen molar-refractivity contribution in [3.8, 4) is 0 Å². The van der Waals surface area contributed by atoms with Crippen LogP contribution in [0, 0.1) is 5.92 Å². The fourth-order valence-electron chi connectivity index (χ4n) is 3.67. The Balaban J connectivity index is 1.65. The summed E-state index contributed by atoms with van der Waals surface area (Å²) in [6.45, 7) is 2.48. The first-order valence-corrected chi connectivity index (χ1v) is 12.1. The highest BCUT2D eigenvalue weighted by molar-refractivity contribution is 7.89. The van der Waals surface area contributed by atoms with E-state index in [1.54, 1.807) is 0 Å². The number of carbonyl (C=O) groups excluding carboxylic acids is 2. The van der Waals surface area contributed by atoms with Crippen LogP contribution in [0.15, 0.2) is 30.3 Å². The van der Waals surface area contributed by atoms with E-state index in [1.165, 1.54) is 4.31 Å². The van der Waals surface area contributed by atoms with E-state index < -0.39 is 22.0 Å². The molecule has 2 aliphatic rings. The summed E-state index contributed by atoms with van der Waals surface area (Å²) in [5.74, 6) is -0.742. The lowest BCUT2D eigenvalue weighted by molar-refractivity contribution is -0.131. The number of nitrogens with zero attached hydrogens (tertiary/aromatic N) is 1. The largest absolute Gasteiger partial charge is 0.352 e. The van der Waals surface area contributed by atoms with Gasteiger partial charge >= 0.3 is 0 Å². The van der Waals surface area contributed by atoms with E-state index in [1.807, 2.05) is 37.3 Å². The number of hydrogen-bond donors (Lipinski definition) is 2. The van der Waals surface area contributed by atoms with Crippen LogP contribution in [-0.2, 0) is 26.0 Å². The third-order valence-electron chi connectivity index (χ3n) is 5.45. The lowest BCUT2D eigenvalue weighted by Crippen LogP contribution is -2.53. The summed E-state index contributed by atoms with van der Waals surface area (Å²) in [6.07, 6.45) is 4.20. The SMILES string of the molecule is CCCS(=O)(=O)N1CCCC(C(=O)NC(Cc2ccccc2)C(=O)NC2CC2)C1. The normalized spacial score (nSPS) is 21.3. The van der Waals surface area contributed by atoms with E-state index in [4.69, 9.17) is 0 Å². The second kappa shape index (κ2) is 9.71. The van der Waals surface area contributed by atoms with Crippen molar-refractivity contribution in [3.63, 3.8) is 0 Å². The fraction of sp³-hybridized carbons (Fsp3) is 0.619. The number of piperidine rings is 1. The summed E-state index contributed by atoms with van der Waals surface area (Å²) in [5.41, 5.74) is 0.972. The highest BCUT2D eigenvalue weighted by Gasteiger charge is 2.34. The van der Waals surface area contributed by atoms with Crippen LogP contribution in [0.4, 0.5) is 0 Å². The van der Waals surface area contributed by atoms with Crippen molar-refractivity contribution in [2.24, 2.45) is 5.92 Å². The summed E-state index contributed by atoms with van der Waals surface area (Å²) in [7, 11) is -3.33. The Morgan fingerprint density at radius 2 is 1.90 bits per heavy atom.